The molecule has 0 spiro atoms. The van der Waals surface area contributed by atoms with Gasteiger partial charge in [0.05, 0.1) is 22.1 Å². The highest BCUT2D eigenvalue weighted by molar-refractivity contribution is 6.02. The van der Waals surface area contributed by atoms with Gasteiger partial charge in [-0.15, -0.1) is 0 Å². The van der Waals surface area contributed by atoms with Crippen LogP contribution in [0.15, 0.2) is 158 Å². The van der Waals surface area contributed by atoms with Gasteiger partial charge < -0.3 is 5.11 Å². The first-order valence-corrected chi connectivity index (χ1v) is 18.1. The van der Waals surface area contributed by atoms with Gasteiger partial charge >= 0.3 is 0 Å². The van der Waals surface area contributed by atoms with Crippen LogP contribution < -0.4 is 0 Å². The predicted molar refractivity (Wildman–Crippen MR) is 221 cm³/mol. The highest BCUT2D eigenvalue weighted by atomic mass is 16.3. The molecule has 0 fully saturated rings. The molecule has 0 atom stereocenters. The van der Waals surface area contributed by atoms with Gasteiger partial charge in [-0.3, -0.25) is 9.55 Å². The topological polar surface area (TPSA) is 50.9 Å². The minimum atomic E-state index is 0.00972. The minimum absolute atomic E-state index is 0.00972. The van der Waals surface area contributed by atoms with E-state index in [1.54, 1.807) is 6.07 Å². The van der Waals surface area contributed by atoms with Crippen molar-refractivity contribution in [3.63, 3.8) is 0 Å². The van der Waals surface area contributed by atoms with Crippen molar-refractivity contribution in [2.75, 3.05) is 0 Å². The Hall–Kier alpha value is -6.52. The largest absolute Gasteiger partial charge is 0.507 e. The van der Waals surface area contributed by atoms with Crippen LogP contribution in [0.2, 0.25) is 0 Å². The van der Waals surface area contributed by atoms with Gasteiger partial charge in [-0.2, -0.15) is 0 Å². The van der Waals surface area contributed by atoms with E-state index in [1.165, 1.54) is 21.9 Å². The van der Waals surface area contributed by atoms with E-state index in [1.807, 2.05) is 24.4 Å². The molecule has 4 heteroatoms. The van der Waals surface area contributed by atoms with Gasteiger partial charge in [-0.25, -0.2) is 4.98 Å². The van der Waals surface area contributed by atoms with Gasteiger partial charge in [0.1, 0.15) is 11.6 Å². The number of phenols is 1. The van der Waals surface area contributed by atoms with E-state index in [4.69, 9.17) is 9.97 Å². The number of imidazole rings is 1. The number of aromatic nitrogens is 3. The molecule has 53 heavy (non-hydrogen) atoms. The smallest absolute Gasteiger partial charge is 0.149 e. The molecule has 0 aliphatic heterocycles. The maximum absolute atomic E-state index is 11.2. The summed E-state index contributed by atoms with van der Waals surface area (Å²) in [6.07, 6.45) is 1.89. The second-order valence-corrected chi connectivity index (χ2v) is 14.9. The van der Waals surface area contributed by atoms with Crippen LogP contribution in [0.3, 0.4) is 0 Å². The van der Waals surface area contributed by atoms with Crippen molar-refractivity contribution >= 4 is 32.7 Å². The van der Waals surface area contributed by atoms with E-state index in [0.29, 0.717) is 11.4 Å². The van der Waals surface area contributed by atoms with Crippen molar-refractivity contribution in [3.8, 4) is 56.2 Å². The maximum atomic E-state index is 11.2. The molecule has 9 aromatic rings. The molecule has 1 N–H and O–H groups in total. The van der Waals surface area contributed by atoms with E-state index < -0.39 is 0 Å². The Kier molecular flexibility index (Phi) is 7.71. The fourth-order valence-electron chi connectivity index (χ4n) is 7.55. The number of para-hydroxylation sites is 2. The Bertz CT molecular complexity index is 2840. The molecule has 0 aliphatic carbocycles. The summed E-state index contributed by atoms with van der Waals surface area (Å²) in [5.74, 6) is 0.871. The van der Waals surface area contributed by atoms with Crippen LogP contribution >= 0.6 is 0 Å². The number of pyridine rings is 1. The first kappa shape index (κ1) is 32.4. The van der Waals surface area contributed by atoms with Gasteiger partial charge in [0.15, 0.2) is 0 Å². The van der Waals surface area contributed by atoms with Crippen LogP contribution in [0.25, 0.3) is 83.2 Å². The molecule has 0 unspecified atom stereocenters. The van der Waals surface area contributed by atoms with Crippen molar-refractivity contribution < 1.29 is 5.11 Å². The summed E-state index contributed by atoms with van der Waals surface area (Å²) in [7, 11) is 0. The number of fused-ring (bicyclic) bond motifs is 3. The molecule has 7 aromatic carbocycles. The summed E-state index contributed by atoms with van der Waals surface area (Å²) in [6.45, 7) is 8.82. The van der Waals surface area contributed by atoms with Crippen molar-refractivity contribution in [1.82, 2.24) is 14.5 Å². The highest BCUT2D eigenvalue weighted by Crippen LogP contribution is 2.41. The molecule has 256 valence electrons. The monoisotopic (exact) mass is 685 g/mol. The molecule has 0 radical (unpaired) electrons. The van der Waals surface area contributed by atoms with Gasteiger partial charge in [0.2, 0.25) is 0 Å². The SMILES string of the molecule is Cc1ccnc2c(-c3cccc(-c4cc(-c5ccc6ccccc6c5)cc5c4nc(-c4ccccc4O)n5-c4ccc(C(C)(C)C)cc4)c3)cccc12. The van der Waals surface area contributed by atoms with E-state index in [2.05, 4.69) is 160 Å². The Balaban J connectivity index is 1.34. The lowest BCUT2D eigenvalue weighted by molar-refractivity contribution is 0.477. The third-order valence-corrected chi connectivity index (χ3v) is 10.5. The minimum Gasteiger partial charge on any atom is -0.507 e. The van der Waals surface area contributed by atoms with E-state index in [-0.39, 0.29) is 11.2 Å². The fourth-order valence-corrected chi connectivity index (χ4v) is 7.55. The molecular weight excluding hydrogens is 647 g/mol. The zero-order valence-corrected chi connectivity index (χ0v) is 30.3. The molecule has 0 aliphatic rings. The molecule has 0 bridgehead atoms. The lowest BCUT2D eigenvalue weighted by atomic mass is 9.87. The Labute approximate surface area is 309 Å². The predicted octanol–water partition coefficient (Wildman–Crippen LogP) is 12.7. The number of phenolic OH excluding ortho intramolecular Hbond substituents is 1. The average Bonchev–Trinajstić information content (AvgIpc) is 3.56. The molecular formula is C49H39N3O. The number of hydrogen-bond donors (Lipinski definition) is 1. The molecule has 2 aromatic heterocycles. The number of aryl methyl sites for hydroxylation is 1. The summed E-state index contributed by atoms with van der Waals surface area (Å²) in [5.41, 5.74) is 13.4. The first-order chi connectivity index (χ1) is 25.7. The number of aromatic hydroxyl groups is 1. The van der Waals surface area contributed by atoms with Crippen LogP contribution in [0.1, 0.15) is 31.9 Å². The van der Waals surface area contributed by atoms with Crippen LogP contribution in [-0.2, 0) is 5.41 Å². The standard InChI is InChI=1S/C49H39N3O/c1-31-25-26-50-46-40(31)16-10-17-41(46)35-13-9-14-36(28-35)43-29-37(34-20-19-32-11-5-6-12-33(32)27-34)30-44-47(43)51-48(42-15-7-8-18-45(42)53)52(44)39-23-21-38(22-24-39)49(2,3)4/h5-30,53H,1-4H3. The Morgan fingerprint density at radius 2 is 1.26 bits per heavy atom. The quantitative estimate of drug-likeness (QED) is 0.196. The van der Waals surface area contributed by atoms with Gasteiger partial charge in [-0.1, -0.05) is 118 Å². The summed E-state index contributed by atoms with van der Waals surface area (Å²) < 4.78 is 2.20. The number of benzene rings is 7. The van der Waals surface area contributed by atoms with Crippen LogP contribution in [0.4, 0.5) is 0 Å². The molecule has 4 nitrogen and oxygen atoms in total. The van der Waals surface area contributed by atoms with E-state index in [9.17, 15) is 5.11 Å². The Morgan fingerprint density at radius 1 is 0.547 bits per heavy atom. The lowest BCUT2D eigenvalue weighted by Gasteiger charge is -2.20. The lowest BCUT2D eigenvalue weighted by Crippen LogP contribution is -2.11. The third kappa shape index (κ3) is 5.73. The fraction of sp³-hybridized carbons (Fsp3) is 0.102. The molecule has 9 rings (SSSR count). The summed E-state index contributed by atoms with van der Waals surface area (Å²) in [6, 6.07) is 53.1. The molecule has 0 saturated heterocycles. The average molecular weight is 686 g/mol. The molecule has 0 saturated carbocycles. The third-order valence-electron chi connectivity index (χ3n) is 10.5. The Morgan fingerprint density at radius 3 is 2.06 bits per heavy atom. The zero-order valence-electron chi connectivity index (χ0n) is 30.3. The first-order valence-electron chi connectivity index (χ1n) is 18.1. The van der Waals surface area contributed by atoms with Gasteiger partial charge in [0, 0.05) is 28.4 Å². The normalized spacial score (nSPS) is 11.8. The van der Waals surface area contributed by atoms with Crippen LogP contribution in [0.5, 0.6) is 5.75 Å². The van der Waals surface area contributed by atoms with Crippen molar-refractivity contribution in [2.24, 2.45) is 0 Å². The van der Waals surface area contributed by atoms with Crippen LogP contribution in [0, 0.1) is 6.92 Å². The second kappa shape index (κ2) is 12.6. The van der Waals surface area contributed by atoms with Crippen molar-refractivity contribution in [2.45, 2.75) is 33.1 Å². The second-order valence-electron chi connectivity index (χ2n) is 14.9. The van der Waals surface area contributed by atoms with Crippen LogP contribution in [-0.4, -0.2) is 19.6 Å². The van der Waals surface area contributed by atoms with Gasteiger partial charge in [-0.05, 0) is 111 Å². The zero-order chi connectivity index (χ0) is 36.3. The van der Waals surface area contributed by atoms with Gasteiger partial charge in [0.25, 0.3) is 0 Å². The summed E-state index contributed by atoms with van der Waals surface area (Å²) in [5, 5.41) is 14.8. The summed E-state index contributed by atoms with van der Waals surface area (Å²) in [4.78, 5) is 10.2. The van der Waals surface area contributed by atoms with E-state index >= 15 is 0 Å². The highest BCUT2D eigenvalue weighted by Gasteiger charge is 2.22. The number of nitrogens with zero attached hydrogens (tertiary/aromatic N) is 3. The number of hydrogen-bond acceptors (Lipinski definition) is 3. The molecule has 2 heterocycles. The summed E-state index contributed by atoms with van der Waals surface area (Å²) >= 11 is 0. The van der Waals surface area contributed by atoms with Crippen molar-refractivity contribution in [3.05, 3.63) is 169 Å². The maximum Gasteiger partial charge on any atom is 0.149 e. The van der Waals surface area contributed by atoms with Crippen molar-refractivity contribution in [1.29, 1.82) is 0 Å². The number of rotatable bonds is 5. The van der Waals surface area contributed by atoms with E-state index in [0.717, 1.165) is 61.0 Å². The molecule has 0 amide bonds.